The Kier molecular flexibility index (Phi) is 3.33. The average molecular weight is 304 g/mol. The third-order valence-electron chi connectivity index (χ3n) is 5.26. The van der Waals surface area contributed by atoms with Crippen LogP contribution in [0.15, 0.2) is 67.3 Å². The van der Waals surface area contributed by atoms with Crippen LogP contribution in [0, 0.1) is 11.3 Å². The molecule has 1 saturated heterocycles. The van der Waals surface area contributed by atoms with Crippen LogP contribution >= 0.6 is 0 Å². The van der Waals surface area contributed by atoms with E-state index in [-0.39, 0.29) is 18.0 Å². The van der Waals surface area contributed by atoms with Crippen LogP contribution < -0.4 is 0 Å². The van der Waals surface area contributed by atoms with E-state index < -0.39 is 5.41 Å². The lowest BCUT2D eigenvalue weighted by Gasteiger charge is -2.28. The van der Waals surface area contributed by atoms with Gasteiger partial charge in [0.2, 0.25) is 0 Å². The number of carbonyl (C=O) groups excluding carboxylic acids is 1. The second-order valence-corrected chi connectivity index (χ2v) is 6.64. The minimum Gasteiger partial charge on any atom is -0.461 e. The molecule has 1 heterocycles. The number of esters is 1. The summed E-state index contributed by atoms with van der Waals surface area (Å²) in [7, 11) is 0. The summed E-state index contributed by atoms with van der Waals surface area (Å²) >= 11 is 0. The lowest BCUT2D eigenvalue weighted by molar-refractivity contribution is -0.148. The van der Waals surface area contributed by atoms with Crippen LogP contribution in [0.25, 0.3) is 10.8 Å². The van der Waals surface area contributed by atoms with Gasteiger partial charge in [-0.3, -0.25) is 4.79 Å². The molecule has 4 rings (SSSR count). The summed E-state index contributed by atoms with van der Waals surface area (Å²) in [6, 6.07) is 14.8. The van der Waals surface area contributed by atoms with Gasteiger partial charge in [-0.1, -0.05) is 60.7 Å². The van der Waals surface area contributed by atoms with Crippen molar-refractivity contribution in [2.75, 3.05) is 0 Å². The summed E-state index contributed by atoms with van der Waals surface area (Å²) in [5.74, 6) is 0.101. The van der Waals surface area contributed by atoms with Crippen LogP contribution in [0.3, 0.4) is 0 Å². The Morgan fingerprint density at radius 3 is 2.87 bits per heavy atom. The molecule has 0 bridgehead atoms. The highest BCUT2D eigenvalue weighted by Crippen LogP contribution is 2.49. The van der Waals surface area contributed by atoms with Gasteiger partial charge in [0.15, 0.2) is 0 Å². The Balaban J connectivity index is 1.74. The van der Waals surface area contributed by atoms with E-state index in [2.05, 4.69) is 49.1 Å². The number of fused-ring (bicyclic) bond motifs is 2. The zero-order valence-corrected chi connectivity index (χ0v) is 13.1. The van der Waals surface area contributed by atoms with E-state index in [4.69, 9.17) is 4.74 Å². The van der Waals surface area contributed by atoms with Gasteiger partial charge in [-0.15, -0.1) is 6.58 Å². The predicted octanol–water partition coefficient (Wildman–Crippen LogP) is 4.45. The van der Waals surface area contributed by atoms with Crippen LogP contribution in [-0.2, 0) is 16.0 Å². The molecule has 23 heavy (non-hydrogen) atoms. The van der Waals surface area contributed by atoms with Gasteiger partial charge in [-0.2, -0.15) is 0 Å². The quantitative estimate of drug-likeness (QED) is 0.616. The molecular weight excluding hydrogens is 284 g/mol. The van der Waals surface area contributed by atoms with Crippen LogP contribution in [0.2, 0.25) is 0 Å². The largest absolute Gasteiger partial charge is 0.461 e. The smallest absolute Gasteiger partial charge is 0.313 e. The molecule has 0 amide bonds. The fraction of sp³-hybridized carbons (Fsp3) is 0.286. The van der Waals surface area contributed by atoms with Gasteiger partial charge in [-0.25, -0.2) is 0 Å². The van der Waals surface area contributed by atoms with Crippen LogP contribution in [-0.4, -0.2) is 12.1 Å². The molecule has 0 N–H and O–H groups in total. The molecule has 0 radical (unpaired) electrons. The Hall–Kier alpha value is -2.35. The van der Waals surface area contributed by atoms with Crippen molar-refractivity contribution in [3.05, 3.63) is 72.8 Å². The summed E-state index contributed by atoms with van der Waals surface area (Å²) in [4.78, 5) is 12.7. The van der Waals surface area contributed by atoms with E-state index in [0.717, 1.165) is 6.42 Å². The normalized spacial score (nSPS) is 28.8. The maximum Gasteiger partial charge on any atom is 0.313 e. The van der Waals surface area contributed by atoms with Gasteiger partial charge in [0, 0.05) is 12.3 Å². The molecule has 0 spiro atoms. The summed E-state index contributed by atoms with van der Waals surface area (Å²) in [5.41, 5.74) is 0.686. The zero-order chi connectivity index (χ0) is 15.9. The van der Waals surface area contributed by atoms with E-state index in [1.165, 1.54) is 16.3 Å². The standard InChI is InChI=1S/C21H20O2/c1-2-12-21(18-8-5-9-19(18)23-20(21)22)14-15-10-11-16-6-3-4-7-17(16)13-15/h2-8,10-11,13,18-19H,1,9,12,14H2/t18-,19-,21+/m0/s1. The topological polar surface area (TPSA) is 26.3 Å². The third-order valence-corrected chi connectivity index (χ3v) is 5.26. The van der Waals surface area contributed by atoms with Gasteiger partial charge in [0.25, 0.3) is 0 Å². The molecule has 2 aromatic carbocycles. The number of ether oxygens (including phenoxy) is 1. The van der Waals surface area contributed by atoms with Crippen molar-refractivity contribution in [1.29, 1.82) is 0 Å². The molecule has 0 saturated carbocycles. The van der Waals surface area contributed by atoms with Gasteiger partial charge in [0.1, 0.15) is 6.10 Å². The summed E-state index contributed by atoms with van der Waals surface area (Å²) in [6.07, 6.45) is 8.38. The number of hydrogen-bond donors (Lipinski definition) is 0. The van der Waals surface area contributed by atoms with Gasteiger partial charge in [-0.05, 0) is 29.2 Å². The van der Waals surface area contributed by atoms with E-state index in [1.807, 2.05) is 18.2 Å². The van der Waals surface area contributed by atoms with Gasteiger partial charge in [0.05, 0.1) is 5.41 Å². The molecule has 3 atom stereocenters. The molecule has 0 aromatic heterocycles. The van der Waals surface area contributed by atoms with E-state index in [1.54, 1.807) is 0 Å². The fourth-order valence-corrected chi connectivity index (χ4v) is 4.13. The molecule has 1 aliphatic carbocycles. The summed E-state index contributed by atoms with van der Waals surface area (Å²) in [5, 5.41) is 2.44. The maximum absolute atomic E-state index is 12.7. The molecule has 2 aromatic rings. The molecule has 1 aliphatic heterocycles. The minimum atomic E-state index is -0.498. The Morgan fingerprint density at radius 2 is 2.04 bits per heavy atom. The number of benzene rings is 2. The van der Waals surface area contributed by atoms with Crippen molar-refractivity contribution in [3.8, 4) is 0 Å². The molecule has 2 heteroatoms. The molecule has 2 nitrogen and oxygen atoms in total. The molecule has 116 valence electrons. The zero-order valence-electron chi connectivity index (χ0n) is 13.1. The van der Waals surface area contributed by atoms with Crippen molar-refractivity contribution >= 4 is 16.7 Å². The third kappa shape index (κ3) is 2.21. The second kappa shape index (κ2) is 5.38. The lowest BCUT2D eigenvalue weighted by Crippen LogP contribution is -2.35. The van der Waals surface area contributed by atoms with Crippen LogP contribution in [0.4, 0.5) is 0 Å². The van der Waals surface area contributed by atoms with Gasteiger partial charge >= 0.3 is 5.97 Å². The number of hydrogen-bond acceptors (Lipinski definition) is 2. The maximum atomic E-state index is 12.7. The number of rotatable bonds is 4. The first-order chi connectivity index (χ1) is 11.2. The predicted molar refractivity (Wildman–Crippen MR) is 92.0 cm³/mol. The first-order valence-electron chi connectivity index (χ1n) is 8.19. The lowest BCUT2D eigenvalue weighted by atomic mass is 9.69. The second-order valence-electron chi connectivity index (χ2n) is 6.64. The summed E-state index contributed by atoms with van der Waals surface area (Å²) in [6.45, 7) is 3.88. The van der Waals surface area contributed by atoms with Crippen molar-refractivity contribution in [2.24, 2.45) is 11.3 Å². The highest BCUT2D eigenvalue weighted by atomic mass is 16.6. The molecular formula is C21H20O2. The fourth-order valence-electron chi connectivity index (χ4n) is 4.13. The molecule has 1 fully saturated rings. The summed E-state index contributed by atoms with van der Waals surface area (Å²) < 4.78 is 5.66. The monoisotopic (exact) mass is 304 g/mol. The minimum absolute atomic E-state index is 0.0166. The van der Waals surface area contributed by atoms with E-state index >= 15 is 0 Å². The Bertz CT molecular complexity index is 804. The first kappa shape index (κ1) is 14.3. The number of carbonyl (C=O) groups is 1. The Labute approximate surface area is 136 Å². The Morgan fingerprint density at radius 1 is 1.22 bits per heavy atom. The van der Waals surface area contributed by atoms with E-state index in [9.17, 15) is 4.79 Å². The SMILES string of the molecule is C=CC[C@]1(Cc2ccc3ccccc3c2)C(=O)O[C@H]2CC=C[C@@H]21. The highest BCUT2D eigenvalue weighted by Gasteiger charge is 2.56. The highest BCUT2D eigenvalue weighted by molar-refractivity contribution is 5.84. The van der Waals surface area contributed by atoms with Crippen molar-refractivity contribution in [1.82, 2.24) is 0 Å². The first-order valence-corrected chi connectivity index (χ1v) is 8.19. The van der Waals surface area contributed by atoms with Crippen molar-refractivity contribution < 1.29 is 9.53 Å². The van der Waals surface area contributed by atoms with Crippen molar-refractivity contribution in [3.63, 3.8) is 0 Å². The average Bonchev–Trinajstić information content (AvgIpc) is 3.11. The van der Waals surface area contributed by atoms with Gasteiger partial charge < -0.3 is 4.74 Å². The number of allylic oxidation sites excluding steroid dienone is 1. The van der Waals surface area contributed by atoms with E-state index in [0.29, 0.717) is 12.8 Å². The molecule has 2 aliphatic rings. The molecule has 0 unspecified atom stereocenters. The van der Waals surface area contributed by atoms with Crippen LogP contribution in [0.1, 0.15) is 18.4 Å². The van der Waals surface area contributed by atoms with Crippen molar-refractivity contribution in [2.45, 2.75) is 25.4 Å². The van der Waals surface area contributed by atoms with Crippen LogP contribution in [0.5, 0.6) is 0 Å².